The molecule has 0 saturated heterocycles. The van der Waals surface area contributed by atoms with Gasteiger partial charge >= 0.3 is 0 Å². The maximum atomic E-state index is 9.37. The highest BCUT2D eigenvalue weighted by molar-refractivity contribution is 7.99. The molecule has 1 N–H and O–H groups in total. The van der Waals surface area contributed by atoms with Gasteiger partial charge in [0.05, 0.1) is 10.0 Å². The molecule has 0 radical (unpaired) electrons. The first-order chi connectivity index (χ1) is 7.07. The van der Waals surface area contributed by atoms with Crippen molar-refractivity contribution in [3.05, 3.63) is 21.1 Å². The van der Waals surface area contributed by atoms with E-state index < -0.39 is 0 Å². The molecule has 0 aliphatic carbocycles. The van der Waals surface area contributed by atoms with Gasteiger partial charge in [-0.25, -0.2) is 0 Å². The van der Waals surface area contributed by atoms with Crippen LogP contribution in [0.4, 0.5) is 0 Å². The molecule has 1 aromatic rings. The molecule has 0 bridgehead atoms. The number of thioether (sulfide) groups is 1. The predicted molar refractivity (Wildman–Crippen MR) is 68.8 cm³/mol. The minimum absolute atomic E-state index is 0.0773. The van der Waals surface area contributed by atoms with E-state index in [9.17, 15) is 5.11 Å². The van der Waals surface area contributed by atoms with Crippen LogP contribution >= 0.6 is 46.6 Å². The van der Waals surface area contributed by atoms with Gasteiger partial charge in [0.25, 0.3) is 0 Å². The third kappa shape index (κ3) is 3.35. The highest BCUT2D eigenvalue weighted by atomic mass is 35.5. The molecule has 5 heteroatoms. The van der Waals surface area contributed by atoms with Crippen LogP contribution in [0.3, 0.4) is 0 Å². The van der Waals surface area contributed by atoms with Gasteiger partial charge in [-0.2, -0.15) is 0 Å². The largest absolute Gasteiger partial charge is 0.506 e. The molecule has 1 nitrogen and oxygen atoms in total. The van der Waals surface area contributed by atoms with Crippen LogP contribution in [0.15, 0.2) is 11.0 Å². The quantitative estimate of drug-likeness (QED) is 0.463. The van der Waals surface area contributed by atoms with Crippen molar-refractivity contribution in [1.82, 2.24) is 0 Å². The predicted octanol–water partition coefficient (Wildman–Crippen LogP) is 5.24. The lowest BCUT2D eigenvalue weighted by Gasteiger charge is -2.09. The van der Waals surface area contributed by atoms with Crippen LogP contribution < -0.4 is 0 Å². The highest BCUT2D eigenvalue weighted by Gasteiger charge is 2.14. The summed E-state index contributed by atoms with van der Waals surface area (Å²) in [5, 5.41) is 10.3. The lowest BCUT2D eigenvalue weighted by Crippen LogP contribution is -1.83. The van der Waals surface area contributed by atoms with Gasteiger partial charge in [-0.1, -0.05) is 48.1 Å². The van der Waals surface area contributed by atoms with E-state index in [1.54, 1.807) is 11.8 Å². The van der Waals surface area contributed by atoms with Gasteiger partial charge in [0.1, 0.15) is 10.8 Å². The highest BCUT2D eigenvalue weighted by Crippen LogP contribution is 2.43. The van der Waals surface area contributed by atoms with Crippen LogP contribution in [0.25, 0.3) is 0 Å². The first-order valence-corrected chi connectivity index (χ1v) is 6.69. The van der Waals surface area contributed by atoms with E-state index >= 15 is 0 Å². The maximum Gasteiger partial charge on any atom is 0.137 e. The van der Waals surface area contributed by atoms with E-state index in [-0.39, 0.29) is 10.8 Å². The normalized spacial score (nSPS) is 10.7. The standard InChI is InChI=1S/C10H11Cl3OS/c1-2-3-4-15-10-6(11)5-7(14)8(12)9(10)13/h5,14H,2-4H2,1H3. The number of halogens is 3. The van der Waals surface area contributed by atoms with E-state index in [0.29, 0.717) is 10.0 Å². The molecule has 0 unspecified atom stereocenters. The molecular weight excluding hydrogens is 275 g/mol. The average Bonchev–Trinajstić information content (AvgIpc) is 2.20. The summed E-state index contributed by atoms with van der Waals surface area (Å²) in [6.45, 7) is 2.12. The van der Waals surface area contributed by atoms with Gasteiger partial charge in [-0.05, 0) is 12.2 Å². The van der Waals surface area contributed by atoms with Crippen LogP contribution in [0, 0.1) is 0 Å². The Bertz CT molecular complexity index is 355. The lowest BCUT2D eigenvalue weighted by atomic mass is 10.3. The summed E-state index contributed by atoms with van der Waals surface area (Å²) in [6, 6.07) is 1.42. The van der Waals surface area contributed by atoms with Crippen molar-refractivity contribution in [3.63, 3.8) is 0 Å². The summed E-state index contributed by atoms with van der Waals surface area (Å²) < 4.78 is 0. The number of aromatic hydroxyl groups is 1. The Labute approximate surface area is 109 Å². The second kappa shape index (κ2) is 6.09. The maximum absolute atomic E-state index is 9.37. The van der Waals surface area contributed by atoms with Crippen molar-refractivity contribution < 1.29 is 5.11 Å². The van der Waals surface area contributed by atoms with Crippen LogP contribution in [0.1, 0.15) is 19.8 Å². The molecule has 0 fully saturated rings. The molecular formula is C10H11Cl3OS. The molecule has 1 rings (SSSR count). The van der Waals surface area contributed by atoms with Gasteiger partial charge in [0, 0.05) is 11.0 Å². The summed E-state index contributed by atoms with van der Waals surface area (Å²) in [5.41, 5.74) is 0. The Morgan fingerprint density at radius 3 is 2.53 bits per heavy atom. The summed E-state index contributed by atoms with van der Waals surface area (Å²) in [5.74, 6) is 0.864. The number of rotatable bonds is 4. The molecule has 15 heavy (non-hydrogen) atoms. The van der Waals surface area contributed by atoms with E-state index in [1.165, 1.54) is 6.07 Å². The van der Waals surface area contributed by atoms with Crippen LogP contribution in [0.2, 0.25) is 15.1 Å². The van der Waals surface area contributed by atoms with Crippen molar-refractivity contribution in [2.45, 2.75) is 24.7 Å². The Hall–Kier alpha value is 0.240. The molecule has 0 aromatic heterocycles. The molecule has 0 amide bonds. The average molecular weight is 286 g/mol. The van der Waals surface area contributed by atoms with E-state index in [4.69, 9.17) is 34.8 Å². The zero-order valence-corrected chi connectivity index (χ0v) is 11.3. The van der Waals surface area contributed by atoms with Gasteiger partial charge in [-0.15, -0.1) is 11.8 Å². The number of hydrogen-bond acceptors (Lipinski definition) is 2. The van der Waals surface area contributed by atoms with Crippen molar-refractivity contribution in [3.8, 4) is 5.75 Å². The Balaban J connectivity index is 2.92. The third-order valence-corrected chi connectivity index (χ3v) is 4.43. The first kappa shape index (κ1) is 13.3. The SMILES string of the molecule is CCCCSc1c(Cl)cc(O)c(Cl)c1Cl. The summed E-state index contributed by atoms with van der Waals surface area (Å²) in [4.78, 5) is 0.745. The molecule has 84 valence electrons. The Morgan fingerprint density at radius 2 is 1.93 bits per heavy atom. The lowest BCUT2D eigenvalue weighted by molar-refractivity contribution is 0.475. The van der Waals surface area contributed by atoms with E-state index in [0.717, 1.165) is 23.5 Å². The molecule has 1 aromatic carbocycles. The summed E-state index contributed by atoms with van der Waals surface area (Å²) in [7, 11) is 0. The second-order valence-electron chi connectivity index (χ2n) is 3.04. The molecule has 0 spiro atoms. The Kier molecular flexibility index (Phi) is 5.41. The van der Waals surface area contributed by atoms with Crippen LogP contribution in [0.5, 0.6) is 5.75 Å². The fraction of sp³-hybridized carbons (Fsp3) is 0.400. The first-order valence-electron chi connectivity index (χ1n) is 4.57. The number of hydrogen-bond donors (Lipinski definition) is 1. The van der Waals surface area contributed by atoms with E-state index in [1.807, 2.05) is 0 Å². The fourth-order valence-corrected chi connectivity index (χ4v) is 3.06. The second-order valence-corrected chi connectivity index (χ2v) is 5.30. The van der Waals surface area contributed by atoms with Crippen LogP contribution in [-0.4, -0.2) is 10.9 Å². The summed E-state index contributed by atoms with van der Waals surface area (Å²) in [6.07, 6.45) is 2.21. The minimum atomic E-state index is -0.0773. The smallest absolute Gasteiger partial charge is 0.137 e. The zero-order valence-electron chi connectivity index (χ0n) is 8.19. The number of phenols is 1. The summed E-state index contributed by atoms with van der Waals surface area (Å²) >= 11 is 19.3. The number of benzene rings is 1. The van der Waals surface area contributed by atoms with Crippen LogP contribution in [-0.2, 0) is 0 Å². The van der Waals surface area contributed by atoms with Gasteiger partial charge < -0.3 is 5.11 Å². The molecule has 0 heterocycles. The minimum Gasteiger partial charge on any atom is -0.506 e. The van der Waals surface area contributed by atoms with Gasteiger partial charge in [0.2, 0.25) is 0 Å². The van der Waals surface area contributed by atoms with E-state index in [2.05, 4.69) is 6.92 Å². The van der Waals surface area contributed by atoms with Crippen molar-refractivity contribution in [2.75, 3.05) is 5.75 Å². The van der Waals surface area contributed by atoms with Crippen molar-refractivity contribution in [1.29, 1.82) is 0 Å². The molecule has 0 aliphatic rings. The van der Waals surface area contributed by atoms with Gasteiger partial charge in [-0.3, -0.25) is 0 Å². The van der Waals surface area contributed by atoms with Crippen molar-refractivity contribution >= 4 is 46.6 Å². The number of unbranched alkanes of at least 4 members (excludes halogenated alkanes) is 1. The third-order valence-electron chi connectivity index (χ3n) is 1.84. The molecule has 0 saturated carbocycles. The molecule has 0 aliphatic heterocycles. The molecule has 0 atom stereocenters. The Morgan fingerprint density at radius 1 is 1.27 bits per heavy atom. The topological polar surface area (TPSA) is 20.2 Å². The monoisotopic (exact) mass is 284 g/mol. The fourth-order valence-electron chi connectivity index (χ4n) is 1.02. The van der Waals surface area contributed by atoms with Gasteiger partial charge in [0.15, 0.2) is 0 Å². The zero-order chi connectivity index (χ0) is 11.4. The van der Waals surface area contributed by atoms with Crippen molar-refractivity contribution in [2.24, 2.45) is 0 Å². The number of phenolic OH excluding ortho intramolecular Hbond substituents is 1.